The summed E-state index contributed by atoms with van der Waals surface area (Å²) in [7, 11) is 3.41. The van der Waals surface area contributed by atoms with Crippen molar-refractivity contribution in [3.8, 4) is 17.1 Å². The van der Waals surface area contributed by atoms with Gasteiger partial charge in [-0.3, -0.25) is 0 Å². The second-order valence-corrected chi connectivity index (χ2v) is 4.94. The predicted molar refractivity (Wildman–Crippen MR) is 87.2 cm³/mol. The van der Waals surface area contributed by atoms with Crippen molar-refractivity contribution in [3.05, 3.63) is 48.3 Å². The predicted octanol–water partition coefficient (Wildman–Crippen LogP) is 2.74. The lowest BCUT2D eigenvalue weighted by molar-refractivity contribution is -0.131. The molecule has 3 rings (SSSR count). The van der Waals surface area contributed by atoms with Crippen molar-refractivity contribution in [3.63, 3.8) is 0 Å². The van der Waals surface area contributed by atoms with Gasteiger partial charge in [0, 0.05) is 18.7 Å². The van der Waals surface area contributed by atoms with E-state index in [1.54, 1.807) is 6.08 Å². The molecule has 3 aromatic rings. The third kappa shape index (κ3) is 2.55. The summed E-state index contributed by atoms with van der Waals surface area (Å²) in [6, 6.07) is 9.72. The first-order valence-electron chi connectivity index (χ1n) is 6.97. The summed E-state index contributed by atoms with van der Waals surface area (Å²) in [6.45, 7) is 0. The number of nitrogens with zero attached hydrogens (tertiary/aromatic N) is 3. The van der Waals surface area contributed by atoms with Gasteiger partial charge in [0.1, 0.15) is 12.0 Å². The van der Waals surface area contributed by atoms with Crippen LogP contribution in [0.25, 0.3) is 28.4 Å². The van der Waals surface area contributed by atoms with Crippen molar-refractivity contribution in [2.75, 3.05) is 7.11 Å². The van der Waals surface area contributed by atoms with Gasteiger partial charge in [-0.05, 0) is 11.6 Å². The number of rotatable bonds is 4. The van der Waals surface area contributed by atoms with Gasteiger partial charge in [-0.2, -0.15) is 0 Å². The number of methoxy groups -OCH3 is 1. The molecule has 2 heterocycles. The molecule has 1 aromatic carbocycles. The van der Waals surface area contributed by atoms with Crippen LogP contribution >= 0.6 is 0 Å². The minimum atomic E-state index is -1.02. The molecule has 0 saturated carbocycles. The smallest absolute Gasteiger partial charge is 0.328 e. The highest BCUT2D eigenvalue weighted by Crippen LogP contribution is 2.36. The molecule has 0 spiro atoms. The Balaban J connectivity index is 2.40. The lowest BCUT2D eigenvalue weighted by atomic mass is 10.1. The highest BCUT2D eigenvalue weighted by molar-refractivity contribution is 6.01. The molecular weight excluding hydrogens is 294 g/mol. The van der Waals surface area contributed by atoms with Crippen molar-refractivity contribution >= 4 is 23.1 Å². The Bertz CT molecular complexity index is 898. The van der Waals surface area contributed by atoms with Crippen LogP contribution in [-0.4, -0.2) is 32.7 Å². The van der Waals surface area contributed by atoms with Crippen LogP contribution in [0.5, 0.6) is 5.88 Å². The highest BCUT2D eigenvalue weighted by Gasteiger charge is 2.20. The molecule has 6 nitrogen and oxygen atoms in total. The van der Waals surface area contributed by atoms with E-state index in [-0.39, 0.29) is 0 Å². The maximum Gasteiger partial charge on any atom is 0.328 e. The summed E-state index contributed by atoms with van der Waals surface area (Å²) in [5.41, 5.74) is 3.21. The molecule has 0 aliphatic rings. The highest BCUT2D eigenvalue weighted by atomic mass is 16.5. The van der Waals surface area contributed by atoms with Crippen molar-refractivity contribution in [2.45, 2.75) is 0 Å². The average molecular weight is 309 g/mol. The van der Waals surface area contributed by atoms with E-state index in [0.29, 0.717) is 22.5 Å². The molecule has 0 saturated heterocycles. The van der Waals surface area contributed by atoms with E-state index in [1.165, 1.54) is 13.4 Å². The first-order chi connectivity index (χ1) is 11.1. The van der Waals surface area contributed by atoms with E-state index in [0.717, 1.165) is 17.3 Å². The number of carboxylic acid groups (broad SMARTS) is 1. The fourth-order valence-corrected chi connectivity index (χ4v) is 2.67. The van der Waals surface area contributed by atoms with Crippen LogP contribution < -0.4 is 4.74 Å². The quantitative estimate of drug-likeness (QED) is 0.750. The van der Waals surface area contributed by atoms with E-state index < -0.39 is 5.97 Å². The molecule has 116 valence electrons. The maximum atomic E-state index is 11.0. The Morgan fingerprint density at radius 1 is 1.26 bits per heavy atom. The standard InChI is InChI=1S/C17H15N3O3/c1-20-15(11-6-4-3-5-7-11)12(8-9-13(21)22)14-16(20)18-10-19-17(14)23-2/h3-10H,1-2H3,(H,21,22)/b9-8+. The number of carbonyl (C=O) groups is 1. The third-order valence-electron chi connectivity index (χ3n) is 3.60. The third-order valence-corrected chi connectivity index (χ3v) is 3.60. The Kier molecular flexibility index (Phi) is 3.80. The van der Waals surface area contributed by atoms with Crippen molar-refractivity contribution < 1.29 is 14.6 Å². The minimum absolute atomic E-state index is 0.415. The van der Waals surface area contributed by atoms with Crippen LogP contribution in [-0.2, 0) is 11.8 Å². The average Bonchev–Trinajstić information content (AvgIpc) is 2.86. The first kappa shape index (κ1) is 14.8. The van der Waals surface area contributed by atoms with E-state index in [9.17, 15) is 4.79 Å². The van der Waals surface area contributed by atoms with Gasteiger partial charge in [0.2, 0.25) is 5.88 Å². The molecule has 0 bridgehead atoms. The molecule has 0 fully saturated rings. The summed E-state index contributed by atoms with van der Waals surface area (Å²) in [6.07, 6.45) is 4.09. The molecule has 1 N–H and O–H groups in total. The SMILES string of the molecule is COc1ncnc2c1c(/C=C/C(=O)O)c(-c1ccccc1)n2C. The van der Waals surface area contributed by atoms with Crippen LogP contribution in [0.4, 0.5) is 0 Å². The van der Waals surface area contributed by atoms with E-state index in [1.807, 2.05) is 41.9 Å². The van der Waals surface area contributed by atoms with Gasteiger partial charge in [0.15, 0.2) is 0 Å². The molecule has 0 atom stereocenters. The Morgan fingerprint density at radius 3 is 2.65 bits per heavy atom. The Labute approximate surface area is 132 Å². The molecule has 23 heavy (non-hydrogen) atoms. The number of hydrogen-bond donors (Lipinski definition) is 1. The first-order valence-corrected chi connectivity index (χ1v) is 6.97. The van der Waals surface area contributed by atoms with Gasteiger partial charge in [-0.1, -0.05) is 30.3 Å². The lowest BCUT2D eigenvalue weighted by Crippen LogP contribution is -1.94. The van der Waals surface area contributed by atoms with E-state index in [4.69, 9.17) is 9.84 Å². The molecule has 0 unspecified atom stereocenters. The van der Waals surface area contributed by atoms with Crippen molar-refractivity contribution in [1.29, 1.82) is 0 Å². The summed E-state index contributed by atoms with van der Waals surface area (Å²) in [5.74, 6) is -0.602. The maximum absolute atomic E-state index is 11.0. The molecule has 6 heteroatoms. The number of benzene rings is 1. The summed E-state index contributed by atoms with van der Waals surface area (Å²) >= 11 is 0. The number of aliphatic carboxylic acids is 1. The largest absolute Gasteiger partial charge is 0.480 e. The van der Waals surface area contributed by atoms with Gasteiger partial charge in [0.25, 0.3) is 0 Å². The van der Waals surface area contributed by atoms with Gasteiger partial charge in [0.05, 0.1) is 18.2 Å². The number of hydrogen-bond acceptors (Lipinski definition) is 4. The topological polar surface area (TPSA) is 77.2 Å². The fourth-order valence-electron chi connectivity index (χ4n) is 2.67. The summed E-state index contributed by atoms with van der Waals surface area (Å²) < 4.78 is 7.25. The second kappa shape index (κ2) is 5.92. The molecule has 0 radical (unpaired) electrons. The van der Waals surface area contributed by atoms with Crippen LogP contribution in [0.3, 0.4) is 0 Å². The number of aryl methyl sites for hydroxylation is 1. The normalized spacial score (nSPS) is 11.2. The van der Waals surface area contributed by atoms with Gasteiger partial charge >= 0.3 is 5.97 Å². The van der Waals surface area contributed by atoms with E-state index in [2.05, 4.69) is 9.97 Å². The number of ether oxygens (including phenoxy) is 1. The van der Waals surface area contributed by atoms with E-state index >= 15 is 0 Å². The molecule has 0 aliphatic carbocycles. The Morgan fingerprint density at radius 2 is 2.00 bits per heavy atom. The zero-order valence-electron chi connectivity index (χ0n) is 12.7. The number of carboxylic acids is 1. The molecule has 0 amide bonds. The summed E-state index contributed by atoms with van der Waals surface area (Å²) in [4.78, 5) is 19.4. The Hall–Kier alpha value is -3.15. The lowest BCUT2D eigenvalue weighted by Gasteiger charge is -2.05. The number of aromatic nitrogens is 3. The van der Waals surface area contributed by atoms with Gasteiger partial charge in [-0.15, -0.1) is 0 Å². The zero-order chi connectivity index (χ0) is 16.4. The summed E-state index contributed by atoms with van der Waals surface area (Å²) in [5, 5.41) is 9.67. The zero-order valence-corrected chi connectivity index (χ0v) is 12.7. The van der Waals surface area contributed by atoms with Crippen molar-refractivity contribution in [2.24, 2.45) is 7.05 Å². The molecular formula is C17H15N3O3. The van der Waals surface area contributed by atoms with Crippen molar-refractivity contribution in [1.82, 2.24) is 14.5 Å². The van der Waals surface area contributed by atoms with Crippen LogP contribution in [0, 0.1) is 0 Å². The monoisotopic (exact) mass is 309 g/mol. The number of fused-ring (bicyclic) bond motifs is 1. The van der Waals surface area contributed by atoms with Gasteiger partial charge in [-0.25, -0.2) is 14.8 Å². The molecule has 2 aromatic heterocycles. The van der Waals surface area contributed by atoms with Crippen LogP contribution in [0.2, 0.25) is 0 Å². The van der Waals surface area contributed by atoms with Crippen LogP contribution in [0.1, 0.15) is 5.56 Å². The second-order valence-electron chi connectivity index (χ2n) is 4.94. The minimum Gasteiger partial charge on any atom is -0.480 e. The fraction of sp³-hybridized carbons (Fsp3) is 0.118. The molecule has 0 aliphatic heterocycles. The van der Waals surface area contributed by atoms with Crippen LogP contribution in [0.15, 0.2) is 42.7 Å². The van der Waals surface area contributed by atoms with Gasteiger partial charge < -0.3 is 14.4 Å².